The Balaban J connectivity index is 2.39. The van der Waals surface area contributed by atoms with Crippen LogP contribution in [0.15, 0.2) is 28.9 Å². The van der Waals surface area contributed by atoms with Crippen LogP contribution in [0.1, 0.15) is 0 Å². The number of nitro benzene ring substituents is 1. The number of nitro groups is 1. The zero-order valence-corrected chi connectivity index (χ0v) is 11.8. The Morgan fingerprint density at radius 2 is 2.00 bits per heavy atom. The first-order valence-corrected chi connectivity index (χ1v) is 6.18. The van der Waals surface area contributed by atoms with Gasteiger partial charge in [-0.25, -0.2) is 9.37 Å². The van der Waals surface area contributed by atoms with Gasteiger partial charge in [0.15, 0.2) is 11.6 Å². The fraction of sp³-hybridized carbons (Fsp3) is 0. The standard InChI is InChI=1S/C11H4BrClF2N2O3/c12-5-1-6(13)11(16-4-5)20-10-3-7(14)9(17(18)19)2-8(10)15/h1-4H. The highest BCUT2D eigenvalue weighted by Gasteiger charge is 2.20. The predicted molar refractivity (Wildman–Crippen MR) is 70.0 cm³/mol. The lowest BCUT2D eigenvalue weighted by atomic mass is 10.3. The largest absolute Gasteiger partial charge is 0.434 e. The maximum absolute atomic E-state index is 13.6. The van der Waals surface area contributed by atoms with Crippen LogP contribution < -0.4 is 4.74 Å². The number of hydrogen-bond donors (Lipinski definition) is 0. The molecule has 0 aliphatic heterocycles. The fourth-order valence-electron chi connectivity index (χ4n) is 1.32. The average Bonchev–Trinajstić information content (AvgIpc) is 2.36. The van der Waals surface area contributed by atoms with Crippen molar-refractivity contribution in [1.29, 1.82) is 0 Å². The van der Waals surface area contributed by atoms with Crippen molar-refractivity contribution in [3.8, 4) is 11.6 Å². The third-order valence-electron chi connectivity index (χ3n) is 2.18. The lowest BCUT2D eigenvalue weighted by Gasteiger charge is -2.07. The van der Waals surface area contributed by atoms with Crippen molar-refractivity contribution in [2.75, 3.05) is 0 Å². The number of benzene rings is 1. The van der Waals surface area contributed by atoms with Gasteiger partial charge in [0.2, 0.25) is 11.7 Å². The van der Waals surface area contributed by atoms with E-state index in [0.29, 0.717) is 16.6 Å². The van der Waals surface area contributed by atoms with Crippen molar-refractivity contribution < 1.29 is 18.4 Å². The highest BCUT2D eigenvalue weighted by atomic mass is 79.9. The summed E-state index contributed by atoms with van der Waals surface area (Å²) in [4.78, 5) is 13.2. The van der Waals surface area contributed by atoms with E-state index in [1.807, 2.05) is 0 Å². The van der Waals surface area contributed by atoms with Gasteiger partial charge in [-0.15, -0.1) is 0 Å². The van der Waals surface area contributed by atoms with Gasteiger partial charge in [-0.2, -0.15) is 4.39 Å². The Hall–Kier alpha value is -1.80. The number of rotatable bonds is 3. The molecule has 104 valence electrons. The second-order valence-electron chi connectivity index (χ2n) is 3.53. The van der Waals surface area contributed by atoms with Crippen molar-refractivity contribution in [2.45, 2.75) is 0 Å². The molecule has 0 radical (unpaired) electrons. The van der Waals surface area contributed by atoms with Crippen LogP contribution >= 0.6 is 27.5 Å². The van der Waals surface area contributed by atoms with E-state index in [1.165, 1.54) is 12.3 Å². The Kier molecular flexibility index (Phi) is 4.15. The summed E-state index contributed by atoms with van der Waals surface area (Å²) in [5.41, 5.74) is -0.982. The molecule has 0 fully saturated rings. The van der Waals surface area contributed by atoms with Crippen LogP contribution in [-0.4, -0.2) is 9.91 Å². The van der Waals surface area contributed by atoms with Crippen molar-refractivity contribution in [2.24, 2.45) is 0 Å². The first-order chi connectivity index (χ1) is 9.38. The lowest BCUT2D eigenvalue weighted by molar-refractivity contribution is -0.387. The van der Waals surface area contributed by atoms with Crippen molar-refractivity contribution in [3.63, 3.8) is 0 Å². The second kappa shape index (κ2) is 5.68. The number of aromatic nitrogens is 1. The van der Waals surface area contributed by atoms with Crippen LogP contribution in [0, 0.1) is 21.7 Å². The second-order valence-corrected chi connectivity index (χ2v) is 4.86. The number of nitrogens with zero attached hydrogens (tertiary/aromatic N) is 2. The minimum Gasteiger partial charge on any atom is -0.434 e. The molecule has 0 aliphatic carbocycles. The summed E-state index contributed by atoms with van der Waals surface area (Å²) >= 11 is 8.93. The van der Waals surface area contributed by atoms with E-state index in [1.54, 1.807) is 0 Å². The molecule has 0 atom stereocenters. The third-order valence-corrected chi connectivity index (χ3v) is 2.88. The fourth-order valence-corrected chi connectivity index (χ4v) is 1.99. The van der Waals surface area contributed by atoms with E-state index in [0.717, 1.165) is 0 Å². The van der Waals surface area contributed by atoms with E-state index in [4.69, 9.17) is 16.3 Å². The number of pyridine rings is 1. The monoisotopic (exact) mass is 364 g/mol. The third kappa shape index (κ3) is 3.02. The predicted octanol–water partition coefficient (Wildman–Crippen LogP) is 4.48. The van der Waals surface area contributed by atoms with E-state index in [-0.39, 0.29) is 10.9 Å². The van der Waals surface area contributed by atoms with E-state index < -0.39 is 28.0 Å². The molecule has 1 aromatic heterocycles. The average molecular weight is 366 g/mol. The summed E-state index contributed by atoms with van der Waals surface area (Å²) in [7, 11) is 0. The first kappa shape index (κ1) is 14.6. The molecular formula is C11H4BrClF2N2O3. The smallest absolute Gasteiger partial charge is 0.307 e. The number of ether oxygens (including phenoxy) is 1. The Morgan fingerprint density at radius 1 is 1.30 bits per heavy atom. The molecule has 0 amide bonds. The lowest BCUT2D eigenvalue weighted by Crippen LogP contribution is -1.97. The summed E-state index contributed by atoms with van der Waals surface area (Å²) in [6.45, 7) is 0. The summed E-state index contributed by atoms with van der Waals surface area (Å²) in [6, 6.07) is 2.44. The van der Waals surface area contributed by atoms with Gasteiger partial charge in [-0.05, 0) is 22.0 Å². The molecule has 0 aliphatic rings. The molecule has 0 spiro atoms. The van der Waals surface area contributed by atoms with Gasteiger partial charge in [0.1, 0.15) is 5.02 Å². The minimum atomic E-state index is -1.22. The van der Waals surface area contributed by atoms with Crippen LogP contribution in [0.4, 0.5) is 14.5 Å². The first-order valence-electron chi connectivity index (χ1n) is 5.01. The highest BCUT2D eigenvalue weighted by Crippen LogP contribution is 2.33. The molecule has 1 aromatic carbocycles. The molecule has 9 heteroatoms. The van der Waals surface area contributed by atoms with Gasteiger partial charge in [0.25, 0.3) is 0 Å². The maximum Gasteiger partial charge on any atom is 0.307 e. The zero-order chi connectivity index (χ0) is 14.9. The normalized spacial score (nSPS) is 10.4. The Bertz CT molecular complexity index is 700. The van der Waals surface area contributed by atoms with Gasteiger partial charge in [-0.3, -0.25) is 10.1 Å². The molecule has 2 rings (SSSR count). The van der Waals surface area contributed by atoms with E-state index in [2.05, 4.69) is 20.9 Å². The molecule has 0 unspecified atom stereocenters. The quantitative estimate of drug-likeness (QED) is 0.594. The van der Waals surface area contributed by atoms with Crippen molar-refractivity contribution in [1.82, 2.24) is 4.98 Å². The van der Waals surface area contributed by atoms with Crippen LogP contribution in [0.2, 0.25) is 5.02 Å². The Morgan fingerprint density at radius 3 is 2.60 bits per heavy atom. The van der Waals surface area contributed by atoms with Crippen molar-refractivity contribution in [3.05, 3.63) is 55.6 Å². The Labute approximate surface area is 124 Å². The molecule has 20 heavy (non-hydrogen) atoms. The van der Waals surface area contributed by atoms with Crippen molar-refractivity contribution >= 4 is 33.2 Å². The van der Waals surface area contributed by atoms with Crippen LogP contribution in [-0.2, 0) is 0 Å². The van der Waals surface area contributed by atoms with Gasteiger partial charge in [0, 0.05) is 16.7 Å². The summed E-state index contributed by atoms with van der Waals surface area (Å²) in [5, 5.41) is 10.5. The van der Waals surface area contributed by atoms with Gasteiger partial charge in [0.05, 0.1) is 11.0 Å². The SMILES string of the molecule is O=[N+]([O-])c1cc(F)c(Oc2ncc(Br)cc2Cl)cc1F. The molecule has 5 nitrogen and oxygen atoms in total. The molecule has 2 aromatic rings. The molecule has 0 bridgehead atoms. The molecule has 0 N–H and O–H groups in total. The van der Waals surface area contributed by atoms with E-state index >= 15 is 0 Å². The molecule has 0 saturated carbocycles. The van der Waals surface area contributed by atoms with E-state index in [9.17, 15) is 18.9 Å². The van der Waals surface area contributed by atoms with Gasteiger partial charge in [-0.1, -0.05) is 11.6 Å². The zero-order valence-electron chi connectivity index (χ0n) is 9.44. The molecular weight excluding hydrogens is 361 g/mol. The highest BCUT2D eigenvalue weighted by molar-refractivity contribution is 9.10. The topological polar surface area (TPSA) is 65.3 Å². The summed E-state index contributed by atoms with van der Waals surface area (Å²) in [6.07, 6.45) is 1.35. The van der Waals surface area contributed by atoms with Gasteiger partial charge >= 0.3 is 5.69 Å². The molecule has 0 saturated heterocycles. The minimum absolute atomic E-state index is 0.0672. The summed E-state index contributed by atoms with van der Waals surface area (Å²) in [5.74, 6) is -3.02. The maximum atomic E-state index is 13.6. The van der Waals surface area contributed by atoms with Crippen LogP contribution in [0.25, 0.3) is 0 Å². The number of hydrogen-bond acceptors (Lipinski definition) is 4. The summed E-state index contributed by atoms with van der Waals surface area (Å²) < 4.78 is 32.6. The van der Waals surface area contributed by atoms with Gasteiger partial charge < -0.3 is 4.74 Å². The number of halogens is 4. The van der Waals surface area contributed by atoms with Crippen LogP contribution in [0.5, 0.6) is 11.6 Å². The van der Waals surface area contributed by atoms with Crippen LogP contribution in [0.3, 0.4) is 0 Å². The molecule has 1 heterocycles.